The van der Waals surface area contributed by atoms with E-state index in [0.29, 0.717) is 28.0 Å². The van der Waals surface area contributed by atoms with Crippen molar-refractivity contribution in [2.75, 3.05) is 6.61 Å². The van der Waals surface area contributed by atoms with Crippen molar-refractivity contribution >= 4 is 23.2 Å². The minimum absolute atomic E-state index is 0.0607. The number of ether oxygens (including phenoxy) is 1. The molecular formula is C21H16Cl2F2O. The summed E-state index contributed by atoms with van der Waals surface area (Å²) < 4.78 is 33.7. The number of hydrogen-bond acceptors (Lipinski definition) is 1. The van der Waals surface area contributed by atoms with Gasteiger partial charge in [0.1, 0.15) is 11.6 Å². The zero-order chi connectivity index (χ0) is 18.7. The van der Waals surface area contributed by atoms with Gasteiger partial charge in [-0.25, -0.2) is 8.78 Å². The molecule has 134 valence electrons. The fourth-order valence-corrected chi connectivity index (χ4v) is 3.29. The number of halogens is 4. The van der Waals surface area contributed by atoms with Gasteiger partial charge in [0, 0.05) is 0 Å². The second-order valence-corrected chi connectivity index (χ2v) is 6.61. The monoisotopic (exact) mass is 392 g/mol. The lowest BCUT2D eigenvalue weighted by molar-refractivity contribution is 0.318. The van der Waals surface area contributed by atoms with Gasteiger partial charge in [-0.05, 0) is 53.4 Å². The maximum absolute atomic E-state index is 14.1. The predicted molar refractivity (Wildman–Crippen MR) is 103 cm³/mol. The Morgan fingerprint density at radius 3 is 2.00 bits per heavy atom. The van der Waals surface area contributed by atoms with Crippen LogP contribution in [0.4, 0.5) is 8.78 Å². The molecular weight excluding hydrogens is 377 g/mol. The molecule has 0 unspecified atom stereocenters. The van der Waals surface area contributed by atoms with Gasteiger partial charge >= 0.3 is 0 Å². The van der Waals surface area contributed by atoms with Crippen molar-refractivity contribution in [3.63, 3.8) is 0 Å². The van der Waals surface area contributed by atoms with Crippen molar-refractivity contribution in [1.29, 1.82) is 0 Å². The number of rotatable bonds is 5. The second kappa shape index (κ2) is 8.07. The summed E-state index contributed by atoms with van der Waals surface area (Å²) >= 11 is 12.6. The van der Waals surface area contributed by atoms with E-state index in [1.807, 2.05) is 13.0 Å². The molecule has 0 saturated carbocycles. The van der Waals surface area contributed by atoms with Crippen LogP contribution in [0.15, 0.2) is 54.6 Å². The highest BCUT2D eigenvalue weighted by molar-refractivity contribution is 6.37. The van der Waals surface area contributed by atoms with Gasteiger partial charge in [-0.1, -0.05) is 54.4 Å². The summed E-state index contributed by atoms with van der Waals surface area (Å²) in [5, 5.41) is 0.784. The van der Waals surface area contributed by atoms with Crippen molar-refractivity contribution in [3.8, 4) is 28.0 Å². The van der Waals surface area contributed by atoms with Crippen molar-refractivity contribution in [2.45, 2.75) is 13.3 Å². The first-order valence-corrected chi connectivity index (χ1v) is 8.93. The minimum Gasteiger partial charge on any atom is -0.490 e. The van der Waals surface area contributed by atoms with Gasteiger partial charge < -0.3 is 4.74 Å². The fraction of sp³-hybridized carbons (Fsp3) is 0.143. The topological polar surface area (TPSA) is 9.23 Å². The van der Waals surface area contributed by atoms with E-state index in [4.69, 9.17) is 27.9 Å². The molecule has 0 bridgehead atoms. The van der Waals surface area contributed by atoms with Gasteiger partial charge in [0.05, 0.1) is 22.2 Å². The van der Waals surface area contributed by atoms with E-state index < -0.39 is 11.6 Å². The summed E-state index contributed by atoms with van der Waals surface area (Å²) in [6.45, 7) is 2.50. The minimum atomic E-state index is -0.610. The highest BCUT2D eigenvalue weighted by Crippen LogP contribution is 2.38. The van der Waals surface area contributed by atoms with Crippen LogP contribution < -0.4 is 4.74 Å². The molecule has 3 aromatic rings. The molecule has 0 N–H and O–H groups in total. The van der Waals surface area contributed by atoms with E-state index in [1.54, 1.807) is 30.3 Å². The van der Waals surface area contributed by atoms with Crippen LogP contribution in [-0.4, -0.2) is 6.61 Å². The molecule has 0 aliphatic rings. The van der Waals surface area contributed by atoms with Crippen molar-refractivity contribution in [1.82, 2.24) is 0 Å². The first-order valence-electron chi connectivity index (χ1n) is 8.18. The molecule has 0 aliphatic heterocycles. The standard InChI is InChI=1S/C21H16Cl2F2O/c1-2-9-26-21-16(22)11-15(12-17(21)23)13-5-3-6-14(10-13)20-18(24)7-4-8-19(20)25/h3-8,10-12H,2,9H2,1H3. The van der Waals surface area contributed by atoms with Gasteiger partial charge in [0.15, 0.2) is 5.75 Å². The Morgan fingerprint density at radius 2 is 1.38 bits per heavy atom. The summed E-state index contributed by atoms with van der Waals surface area (Å²) in [5.41, 5.74) is 1.87. The van der Waals surface area contributed by atoms with Crippen LogP contribution in [0.1, 0.15) is 13.3 Å². The third-order valence-electron chi connectivity index (χ3n) is 3.90. The summed E-state index contributed by atoms with van der Waals surface area (Å²) in [6, 6.07) is 14.2. The lowest BCUT2D eigenvalue weighted by Gasteiger charge is -2.12. The van der Waals surface area contributed by atoms with Crippen LogP contribution in [0.5, 0.6) is 5.75 Å². The van der Waals surface area contributed by atoms with Gasteiger partial charge in [-0.3, -0.25) is 0 Å². The van der Waals surface area contributed by atoms with Crippen LogP contribution in [0.3, 0.4) is 0 Å². The van der Waals surface area contributed by atoms with Crippen molar-refractivity contribution < 1.29 is 13.5 Å². The van der Waals surface area contributed by atoms with Crippen LogP contribution in [-0.2, 0) is 0 Å². The maximum Gasteiger partial charge on any atom is 0.156 e. The highest BCUT2D eigenvalue weighted by Gasteiger charge is 2.14. The highest BCUT2D eigenvalue weighted by atomic mass is 35.5. The maximum atomic E-state index is 14.1. The normalized spacial score (nSPS) is 10.8. The first-order chi connectivity index (χ1) is 12.5. The second-order valence-electron chi connectivity index (χ2n) is 5.79. The van der Waals surface area contributed by atoms with Crippen LogP contribution in [0.25, 0.3) is 22.3 Å². The lowest BCUT2D eigenvalue weighted by Crippen LogP contribution is -1.97. The van der Waals surface area contributed by atoms with Crippen LogP contribution >= 0.6 is 23.2 Å². The predicted octanol–water partition coefficient (Wildman–Crippen LogP) is 7.39. The van der Waals surface area contributed by atoms with E-state index in [2.05, 4.69) is 0 Å². The molecule has 0 heterocycles. The Bertz CT molecular complexity index is 898. The summed E-state index contributed by atoms with van der Waals surface area (Å²) in [7, 11) is 0. The molecule has 26 heavy (non-hydrogen) atoms. The number of hydrogen-bond donors (Lipinski definition) is 0. The molecule has 5 heteroatoms. The Hall–Kier alpha value is -2.10. The third-order valence-corrected chi connectivity index (χ3v) is 4.46. The molecule has 0 aromatic heterocycles. The van der Waals surface area contributed by atoms with Crippen molar-refractivity contribution in [2.24, 2.45) is 0 Å². The zero-order valence-corrected chi connectivity index (χ0v) is 15.5. The van der Waals surface area contributed by atoms with Gasteiger partial charge in [-0.15, -0.1) is 0 Å². The van der Waals surface area contributed by atoms with E-state index >= 15 is 0 Å². The molecule has 0 amide bonds. The first kappa shape index (κ1) is 18.7. The SMILES string of the molecule is CCCOc1c(Cl)cc(-c2cccc(-c3c(F)cccc3F)c2)cc1Cl. The van der Waals surface area contributed by atoms with Crippen LogP contribution in [0, 0.1) is 11.6 Å². The van der Waals surface area contributed by atoms with E-state index in [-0.39, 0.29) is 5.56 Å². The number of benzene rings is 3. The van der Waals surface area contributed by atoms with E-state index in [0.717, 1.165) is 17.5 Å². The molecule has 0 aliphatic carbocycles. The molecule has 0 spiro atoms. The largest absolute Gasteiger partial charge is 0.490 e. The summed E-state index contributed by atoms with van der Waals surface area (Å²) in [5.74, 6) is -0.779. The van der Waals surface area contributed by atoms with Gasteiger partial charge in [-0.2, -0.15) is 0 Å². The molecule has 0 atom stereocenters. The Labute approximate surface area is 161 Å². The third kappa shape index (κ3) is 3.84. The lowest BCUT2D eigenvalue weighted by atomic mass is 9.98. The smallest absolute Gasteiger partial charge is 0.156 e. The Balaban J connectivity index is 2.04. The van der Waals surface area contributed by atoms with E-state index in [1.165, 1.54) is 18.2 Å². The van der Waals surface area contributed by atoms with Crippen LogP contribution in [0.2, 0.25) is 10.0 Å². The summed E-state index contributed by atoms with van der Waals surface area (Å²) in [4.78, 5) is 0. The molecule has 0 fully saturated rings. The molecule has 3 aromatic carbocycles. The average Bonchev–Trinajstić information content (AvgIpc) is 2.61. The Kier molecular flexibility index (Phi) is 5.80. The zero-order valence-electron chi connectivity index (χ0n) is 14.0. The molecule has 3 rings (SSSR count). The molecule has 0 radical (unpaired) electrons. The van der Waals surface area contributed by atoms with Crippen molar-refractivity contribution in [3.05, 3.63) is 76.3 Å². The molecule has 1 nitrogen and oxygen atoms in total. The average molecular weight is 393 g/mol. The van der Waals surface area contributed by atoms with Gasteiger partial charge in [0.25, 0.3) is 0 Å². The summed E-state index contributed by atoms with van der Waals surface area (Å²) in [6.07, 6.45) is 0.838. The quantitative estimate of drug-likeness (QED) is 0.439. The van der Waals surface area contributed by atoms with Gasteiger partial charge in [0.2, 0.25) is 0 Å². The van der Waals surface area contributed by atoms with E-state index in [9.17, 15) is 8.78 Å². The fourth-order valence-electron chi connectivity index (χ4n) is 2.70. The Morgan fingerprint density at radius 1 is 0.808 bits per heavy atom. The molecule has 0 saturated heterocycles.